The van der Waals surface area contributed by atoms with Crippen molar-refractivity contribution in [2.24, 2.45) is 5.84 Å². The molecule has 1 aromatic rings. The van der Waals surface area contributed by atoms with E-state index in [9.17, 15) is 4.79 Å². The number of hydrazine groups is 1. The molecule has 0 aliphatic carbocycles. The summed E-state index contributed by atoms with van der Waals surface area (Å²) in [4.78, 5) is 12.0. The Balaban J connectivity index is 2.43. The van der Waals surface area contributed by atoms with E-state index in [2.05, 4.69) is 17.7 Å². The Morgan fingerprint density at radius 2 is 2.21 bits per heavy atom. The second-order valence-electron chi connectivity index (χ2n) is 4.06. The van der Waals surface area contributed by atoms with Crippen molar-refractivity contribution >= 4 is 23.2 Å². The quantitative estimate of drug-likeness (QED) is 0.389. The van der Waals surface area contributed by atoms with E-state index in [4.69, 9.17) is 22.2 Å². The van der Waals surface area contributed by atoms with Crippen LogP contribution in [0.4, 0.5) is 5.69 Å². The van der Waals surface area contributed by atoms with Gasteiger partial charge in [0.1, 0.15) is 0 Å². The average molecular weight is 286 g/mol. The third kappa shape index (κ3) is 5.46. The van der Waals surface area contributed by atoms with Gasteiger partial charge in [-0.1, -0.05) is 18.5 Å². The van der Waals surface area contributed by atoms with Crippen molar-refractivity contribution < 1.29 is 9.53 Å². The number of nitrogens with two attached hydrogens (primary N) is 1. The molecule has 0 saturated heterocycles. The zero-order valence-corrected chi connectivity index (χ0v) is 11.8. The van der Waals surface area contributed by atoms with Crippen molar-refractivity contribution in [1.82, 2.24) is 5.32 Å². The van der Waals surface area contributed by atoms with E-state index >= 15 is 0 Å². The first-order valence-corrected chi connectivity index (χ1v) is 6.69. The van der Waals surface area contributed by atoms with E-state index < -0.39 is 0 Å². The third-order valence-electron chi connectivity index (χ3n) is 2.48. The largest absolute Gasteiger partial charge is 0.381 e. The summed E-state index contributed by atoms with van der Waals surface area (Å²) in [5, 5.41) is 3.30. The van der Waals surface area contributed by atoms with Gasteiger partial charge in [-0.25, -0.2) is 0 Å². The molecule has 19 heavy (non-hydrogen) atoms. The van der Waals surface area contributed by atoms with E-state index in [1.54, 1.807) is 18.2 Å². The zero-order chi connectivity index (χ0) is 14.1. The molecule has 0 saturated carbocycles. The van der Waals surface area contributed by atoms with Gasteiger partial charge in [-0.15, -0.1) is 0 Å². The molecule has 1 rings (SSSR count). The molecule has 5 nitrogen and oxygen atoms in total. The minimum atomic E-state index is -0.203. The number of hydrogen-bond acceptors (Lipinski definition) is 4. The maximum Gasteiger partial charge on any atom is 0.253 e. The first-order valence-electron chi connectivity index (χ1n) is 6.31. The topological polar surface area (TPSA) is 76.4 Å². The monoisotopic (exact) mass is 285 g/mol. The number of nitrogen functional groups attached to an aromatic ring is 1. The lowest BCUT2D eigenvalue weighted by Crippen LogP contribution is -2.26. The Bertz CT molecular complexity index is 413. The van der Waals surface area contributed by atoms with Gasteiger partial charge in [-0.3, -0.25) is 10.6 Å². The average Bonchev–Trinajstić information content (AvgIpc) is 2.42. The fraction of sp³-hybridized carbons (Fsp3) is 0.462. The van der Waals surface area contributed by atoms with Crippen LogP contribution < -0.4 is 16.6 Å². The molecule has 0 heterocycles. The van der Waals surface area contributed by atoms with Crippen LogP contribution in [0.3, 0.4) is 0 Å². The van der Waals surface area contributed by atoms with Gasteiger partial charge in [-0.05, 0) is 31.0 Å². The number of nitrogens with one attached hydrogen (secondary N) is 2. The number of carbonyl (C=O) groups excluding carboxylic acids is 1. The van der Waals surface area contributed by atoms with Crippen LogP contribution in [-0.4, -0.2) is 25.7 Å². The molecule has 0 aliphatic rings. The van der Waals surface area contributed by atoms with E-state index in [1.807, 2.05) is 0 Å². The Morgan fingerprint density at radius 1 is 1.42 bits per heavy atom. The molecular formula is C13H20ClN3O2. The van der Waals surface area contributed by atoms with Gasteiger partial charge < -0.3 is 15.5 Å². The lowest BCUT2D eigenvalue weighted by Gasteiger charge is -2.10. The molecule has 0 aliphatic heterocycles. The Hall–Kier alpha value is -1.30. The maximum atomic E-state index is 12.0. The van der Waals surface area contributed by atoms with Crippen LogP contribution in [0.5, 0.6) is 0 Å². The second-order valence-corrected chi connectivity index (χ2v) is 4.49. The van der Waals surface area contributed by atoms with Crippen LogP contribution in [-0.2, 0) is 4.74 Å². The summed E-state index contributed by atoms with van der Waals surface area (Å²) >= 11 is 5.87. The zero-order valence-electron chi connectivity index (χ0n) is 11.0. The van der Waals surface area contributed by atoms with Crippen LogP contribution in [0.2, 0.25) is 5.02 Å². The lowest BCUT2D eigenvalue weighted by atomic mass is 10.1. The van der Waals surface area contributed by atoms with E-state index in [1.165, 1.54) is 0 Å². The molecule has 0 unspecified atom stereocenters. The fourth-order valence-electron chi connectivity index (χ4n) is 1.55. The van der Waals surface area contributed by atoms with Crippen LogP contribution in [0.15, 0.2) is 18.2 Å². The summed E-state index contributed by atoms with van der Waals surface area (Å²) in [7, 11) is 0. The summed E-state index contributed by atoms with van der Waals surface area (Å²) in [6.07, 6.45) is 1.78. The summed E-state index contributed by atoms with van der Waals surface area (Å²) in [6, 6.07) is 4.92. The number of rotatable bonds is 8. The summed E-state index contributed by atoms with van der Waals surface area (Å²) in [6.45, 7) is 4.01. The highest BCUT2D eigenvalue weighted by Gasteiger charge is 2.10. The van der Waals surface area contributed by atoms with Crippen LogP contribution in [0.1, 0.15) is 30.1 Å². The Morgan fingerprint density at radius 3 is 2.89 bits per heavy atom. The first-order chi connectivity index (χ1) is 9.19. The molecule has 0 spiro atoms. The molecule has 4 N–H and O–H groups in total. The molecular weight excluding hydrogens is 266 g/mol. The molecule has 0 aromatic heterocycles. The van der Waals surface area contributed by atoms with E-state index in [0.29, 0.717) is 29.4 Å². The highest BCUT2D eigenvalue weighted by Crippen LogP contribution is 2.19. The third-order valence-corrected chi connectivity index (χ3v) is 2.72. The van der Waals surface area contributed by atoms with Crippen molar-refractivity contribution in [3.8, 4) is 0 Å². The first kappa shape index (κ1) is 15.8. The van der Waals surface area contributed by atoms with Crippen molar-refractivity contribution in [2.75, 3.05) is 25.2 Å². The van der Waals surface area contributed by atoms with Gasteiger partial charge in [-0.2, -0.15) is 0 Å². The normalized spacial score (nSPS) is 10.3. The molecule has 6 heteroatoms. The van der Waals surface area contributed by atoms with Crippen LogP contribution in [0, 0.1) is 0 Å². The molecule has 0 fully saturated rings. The standard InChI is InChI=1S/C13H20ClN3O2/c1-2-7-19-8-3-6-16-13(18)11-9-10(14)4-5-12(11)17-15/h4-5,9,17H,2-3,6-8,15H2,1H3,(H,16,18). The van der Waals surface area contributed by atoms with Gasteiger partial charge in [0.25, 0.3) is 5.91 Å². The smallest absolute Gasteiger partial charge is 0.253 e. The minimum Gasteiger partial charge on any atom is -0.381 e. The maximum absolute atomic E-state index is 12.0. The predicted octanol–water partition coefficient (Wildman–Crippen LogP) is 2.17. The number of ether oxygens (including phenoxy) is 1. The van der Waals surface area contributed by atoms with E-state index in [-0.39, 0.29) is 5.91 Å². The lowest BCUT2D eigenvalue weighted by molar-refractivity contribution is 0.0942. The number of hydrogen-bond donors (Lipinski definition) is 3. The highest BCUT2D eigenvalue weighted by molar-refractivity contribution is 6.31. The minimum absolute atomic E-state index is 0.203. The second kappa shape index (κ2) is 8.74. The van der Waals surface area contributed by atoms with Gasteiger partial charge in [0.05, 0.1) is 11.3 Å². The van der Waals surface area contributed by atoms with Crippen molar-refractivity contribution in [1.29, 1.82) is 0 Å². The van der Waals surface area contributed by atoms with Gasteiger partial charge in [0, 0.05) is 24.8 Å². The molecule has 0 bridgehead atoms. The number of anilines is 1. The molecule has 0 atom stereocenters. The van der Waals surface area contributed by atoms with Crippen LogP contribution in [0.25, 0.3) is 0 Å². The van der Waals surface area contributed by atoms with E-state index in [0.717, 1.165) is 19.4 Å². The number of halogens is 1. The Kier molecular flexibility index (Phi) is 7.25. The van der Waals surface area contributed by atoms with Crippen molar-refractivity contribution in [3.63, 3.8) is 0 Å². The summed E-state index contributed by atoms with van der Waals surface area (Å²) < 4.78 is 5.33. The number of benzene rings is 1. The van der Waals surface area contributed by atoms with Gasteiger partial charge in [0.2, 0.25) is 0 Å². The van der Waals surface area contributed by atoms with Crippen LogP contribution >= 0.6 is 11.6 Å². The van der Waals surface area contributed by atoms with Gasteiger partial charge >= 0.3 is 0 Å². The summed E-state index contributed by atoms with van der Waals surface area (Å²) in [5.41, 5.74) is 3.46. The van der Waals surface area contributed by atoms with Crippen molar-refractivity contribution in [3.05, 3.63) is 28.8 Å². The summed E-state index contributed by atoms with van der Waals surface area (Å²) in [5.74, 6) is 5.15. The predicted molar refractivity (Wildman–Crippen MR) is 77.3 cm³/mol. The number of amides is 1. The molecule has 1 aromatic carbocycles. The SMILES string of the molecule is CCCOCCCNC(=O)c1cc(Cl)ccc1NN. The molecule has 106 valence electrons. The fourth-order valence-corrected chi connectivity index (χ4v) is 1.72. The van der Waals surface area contributed by atoms with Gasteiger partial charge in [0.15, 0.2) is 0 Å². The molecule has 0 radical (unpaired) electrons. The molecule has 1 amide bonds. The highest BCUT2D eigenvalue weighted by atomic mass is 35.5. The number of carbonyl (C=O) groups is 1. The Labute approximate surface area is 118 Å². The van der Waals surface area contributed by atoms with Crippen molar-refractivity contribution in [2.45, 2.75) is 19.8 Å².